The normalized spacial score (nSPS) is 17.6. The van der Waals surface area contributed by atoms with Crippen LogP contribution >= 0.6 is 0 Å². The number of nitriles is 1. The first-order valence-electron chi connectivity index (χ1n) is 7.73. The van der Waals surface area contributed by atoms with Crippen molar-refractivity contribution in [3.8, 4) is 6.07 Å². The molecule has 1 aliphatic rings. The van der Waals surface area contributed by atoms with Crippen LogP contribution in [-0.4, -0.2) is 12.6 Å². The number of nitrogens with one attached hydrogen (secondary N) is 2. The van der Waals surface area contributed by atoms with Crippen molar-refractivity contribution >= 4 is 11.7 Å². The second-order valence-corrected chi connectivity index (χ2v) is 5.28. The average molecular weight is 319 g/mol. The third-order valence-corrected chi connectivity index (χ3v) is 3.79. The minimum Gasteiger partial charge on any atom is -0.462 e. The van der Waals surface area contributed by atoms with Gasteiger partial charge < -0.3 is 15.4 Å². The molecule has 0 fully saturated rings. The number of hydrogen-bond acceptors (Lipinski definition) is 5. The number of rotatable bonds is 3. The molecule has 120 valence electrons. The highest BCUT2D eigenvalue weighted by Crippen LogP contribution is 2.34. The van der Waals surface area contributed by atoms with Gasteiger partial charge in [-0.1, -0.05) is 48.5 Å². The molecule has 24 heavy (non-hydrogen) atoms. The number of benzene rings is 2. The van der Waals surface area contributed by atoms with Crippen LogP contribution in [0, 0.1) is 11.3 Å². The molecule has 0 bridgehead atoms. The van der Waals surface area contributed by atoms with Crippen molar-refractivity contribution in [2.45, 2.75) is 13.0 Å². The smallest absolute Gasteiger partial charge is 0.352 e. The first kappa shape index (κ1) is 15.6. The number of fused-ring (bicyclic) bond motifs is 1. The Labute approximate surface area is 140 Å². The van der Waals surface area contributed by atoms with Gasteiger partial charge in [-0.15, -0.1) is 0 Å². The number of nitrogens with zero attached hydrogens (tertiary/aromatic N) is 1. The molecule has 0 radical (unpaired) electrons. The van der Waals surface area contributed by atoms with E-state index in [1.165, 1.54) is 0 Å². The van der Waals surface area contributed by atoms with Crippen molar-refractivity contribution in [2.24, 2.45) is 0 Å². The Balaban J connectivity index is 2.08. The minimum absolute atomic E-state index is 0.0627. The van der Waals surface area contributed by atoms with Crippen LogP contribution in [0.15, 0.2) is 66.0 Å². The van der Waals surface area contributed by atoms with Gasteiger partial charge >= 0.3 is 5.97 Å². The van der Waals surface area contributed by atoms with Gasteiger partial charge in [-0.05, 0) is 18.6 Å². The van der Waals surface area contributed by atoms with E-state index in [-0.39, 0.29) is 18.2 Å². The van der Waals surface area contributed by atoms with E-state index in [0.29, 0.717) is 5.82 Å². The fourth-order valence-electron chi connectivity index (χ4n) is 2.71. The summed E-state index contributed by atoms with van der Waals surface area (Å²) in [7, 11) is 0. The zero-order chi connectivity index (χ0) is 16.9. The number of carbonyl (C=O) groups excluding carboxylic acids is 1. The number of para-hydroxylation sites is 1. The van der Waals surface area contributed by atoms with Crippen molar-refractivity contribution in [1.29, 1.82) is 5.26 Å². The monoisotopic (exact) mass is 319 g/mol. The van der Waals surface area contributed by atoms with Gasteiger partial charge in [0.15, 0.2) is 5.57 Å². The Kier molecular flexibility index (Phi) is 4.48. The molecular weight excluding hydrogens is 302 g/mol. The summed E-state index contributed by atoms with van der Waals surface area (Å²) in [5.41, 5.74) is 2.89. The van der Waals surface area contributed by atoms with E-state index in [2.05, 4.69) is 10.6 Å². The Bertz CT molecular complexity index is 822. The molecular formula is C19H17N3O2. The van der Waals surface area contributed by atoms with Crippen molar-refractivity contribution in [2.75, 3.05) is 11.9 Å². The maximum atomic E-state index is 12.0. The number of ether oxygens (including phenoxy) is 1. The second kappa shape index (κ2) is 6.88. The lowest BCUT2D eigenvalue weighted by atomic mass is 9.95. The molecule has 2 N–H and O–H groups in total. The van der Waals surface area contributed by atoms with E-state index in [0.717, 1.165) is 16.8 Å². The minimum atomic E-state index is -0.638. The highest BCUT2D eigenvalue weighted by Gasteiger charge is 2.27. The molecule has 0 spiro atoms. The van der Waals surface area contributed by atoms with Gasteiger partial charge in [-0.3, -0.25) is 0 Å². The summed E-state index contributed by atoms with van der Waals surface area (Å²) in [5.74, 6) is -0.273. The summed E-state index contributed by atoms with van der Waals surface area (Å²) < 4.78 is 4.98. The summed E-state index contributed by atoms with van der Waals surface area (Å²) in [4.78, 5) is 12.0. The molecule has 3 rings (SSSR count). The van der Waals surface area contributed by atoms with Crippen LogP contribution in [0.5, 0.6) is 0 Å². The lowest BCUT2D eigenvalue weighted by Crippen LogP contribution is -2.34. The molecule has 1 aliphatic heterocycles. The standard InChI is InChI=1S/C19H17N3O2/c1-2-24-19(23)15(12-20)18-21-16-11-7-6-10-14(16)17(22-18)13-8-4-3-5-9-13/h3-11,17,21-22H,2H2,1H3/b18-15-/t17-/m0/s1. The maximum absolute atomic E-state index is 12.0. The predicted molar refractivity (Wildman–Crippen MR) is 90.8 cm³/mol. The molecule has 0 aliphatic carbocycles. The summed E-state index contributed by atoms with van der Waals surface area (Å²) >= 11 is 0. The molecule has 0 saturated carbocycles. The topological polar surface area (TPSA) is 74.2 Å². The Hall–Kier alpha value is -3.26. The fourth-order valence-corrected chi connectivity index (χ4v) is 2.71. The van der Waals surface area contributed by atoms with E-state index in [1.54, 1.807) is 6.92 Å². The molecule has 1 atom stereocenters. The van der Waals surface area contributed by atoms with Crippen LogP contribution in [-0.2, 0) is 9.53 Å². The number of anilines is 1. The molecule has 0 amide bonds. The van der Waals surface area contributed by atoms with Crippen molar-refractivity contribution in [3.05, 3.63) is 77.1 Å². The predicted octanol–water partition coefficient (Wildman–Crippen LogP) is 3.09. The average Bonchev–Trinajstić information content (AvgIpc) is 2.62. The van der Waals surface area contributed by atoms with Gasteiger partial charge in [0.25, 0.3) is 0 Å². The third-order valence-electron chi connectivity index (χ3n) is 3.79. The van der Waals surface area contributed by atoms with Crippen LogP contribution in [0.1, 0.15) is 24.1 Å². The Morgan fingerprint density at radius 2 is 1.88 bits per heavy atom. The van der Waals surface area contributed by atoms with Gasteiger partial charge in [0.05, 0.1) is 12.6 Å². The fraction of sp³-hybridized carbons (Fsp3) is 0.158. The Morgan fingerprint density at radius 1 is 1.17 bits per heavy atom. The van der Waals surface area contributed by atoms with Crippen LogP contribution in [0.4, 0.5) is 5.69 Å². The summed E-state index contributed by atoms with van der Waals surface area (Å²) in [6, 6.07) is 19.5. The van der Waals surface area contributed by atoms with Crippen molar-refractivity contribution < 1.29 is 9.53 Å². The second-order valence-electron chi connectivity index (χ2n) is 5.28. The molecule has 0 unspecified atom stereocenters. The van der Waals surface area contributed by atoms with Gasteiger partial charge in [-0.2, -0.15) is 5.26 Å². The van der Waals surface area contributed by atoms with E-state index in [9.17, 15) is 10.1 Å². The summed E-state index contributed by atoms with van der Waals surface area (Å²) in [5, 5.41) is 15.8. The molecule has 2 aromatic carbocycles. The van der Waals surface area contributed by atoms with Crippen LogP contribution < -0.4 is 10.6 Å². The zero-order valence-electron chi connectivity index (χ0n) is 13.2. The Morgan fingerprint density at radius 3 is 2.58 bits per heavy atom. The van der Waals surface area contributed by atoms with Crippen LogP contribution in [0.3, 0.4) is 0 Å². The first-order chi connectivity index (χ1) is 11.7. The van der Waals surface area contributed by atoms with Crippen molar-refractivity contribution in [3.63, 3.8) is 0 Å². The molecule has 0 aromatic heterocycles. The third kappa shape index (κ3) is 2.95. The van der Waals surface area contributed by atoms with Crippen LogP contribution in [0.25, 0.3) is 0 Å². The number of hydrogen-bond donors (Lipinski definition) is 2. The lowest BCUT2D eigenvalue weighted by Gasteiger charge is -2.31. The molecule has 5 heteroatoms. The number of esters is 1. The van der Waals surface area contributed by atoms with Gasteiger partial charge in [0.2, 0.25) is 0 Å². The van der Waals surface area contributed by atoms with Crippen molar-refractivity contribution in [1.82, 2.24) is 5.32 Å². The SMILES string of the molecule is CCOC(=O)/C(C#N)=C1/Nc2ccccc2[C@H](c2ccccc2)N1. The molecule has 0 saturated heterocycles. The highest BCUT2D eigenvalue weighted by molar-refractivity contribution is 5.94. The summed E-state index contributed by atoms with van der Waals surface area (Å²) in [6.45, 7) is 1.93. The largest absolute Gasteiger partial charge is 0.462 e. The summed E-state index contributed by atoms with van der Waals surface area (Å²) in [6.07, 6.45) is 0. The van der Waals surface area contributed by atoms with E-state index in [1.807, 2.05) is 60.7 Å². The molecule has 1 heterocycles. The van der Waals surface area contributed by atoms with Gasteiger partial charge in [-0.25, -0.2) is 4.79 Å². The van der Waals surface area contributed by atoms with Gasteiger partial charge in [0.1, 0.15) is 11.9 Å². The first-order valence-corrected chi connectivity index (χ1v) is 7.73. The quantitative estimate of drug-likeness (QED) is 0.516. The zero-order valence-corrected chi connectivity index (χ0v) is 13.2. The van der Waals surface area contributed by atoms with E-state index < -0.39 is 5.97 Å². The van der Waals surface area contributed by atoms with Gasteiger partial charge in [0, 0.05) is 11.3 Å². The highest BCUT2D eigenvalue weighted by atomic mass is 16.5. The van der Waals surface area contributed by atoms with E-state index >= 15 is 0 Å². The van der Waals surface area contributed by atoms with Crippen LogP contribution in [0.2, 0.25) is 0 Å². The maximum Gasteiger partial charge on any atom is 0.352 e. The lowest BCUT2D eigenvalue weighted by molar-refractivity contribution is -0.138. The number of carbonyl (C=O) groups is 1. The van der Waals surface area contributed by atoms with E-state index in [4.69, 9.17) is 4.74 Å². The molecule has 2 aromatic rings. The molecule has 5 nitrogen and oxygen atoms in total.